The molecule has 1 saturated heterocycles. The Morgan fingerprint density at radius 3 is 2.63 bits per heavy atom. The monoisotopic (exact) mass is 423 g/mol. The van der Waals surface area contributed by atoms with Gasteiger partial charge in [-0.3, -0.25) is 4.79 Å². The van der Waals surface area contributed by atoms with Gasteiger partial charge < -0.3 is 14.2 Å². The van der Waals surface area contributed by atoms with Gasteiger partial charge in [0.1, 0.15) is 11.2 Å². The van der Waals surface area contributed by atoms with Crippen molar-refractivity contribution in [3.8, 4) is 6.07 Å². The van der Waals surface area contributed by atoms with Crippen LogP contribution in [0, 0.1) is 11.3 Å². The first-order valence-corrected chi connectivity index (χ1v) is 10.3. The van der Waals surface area contributed by atoms with Gasteiger partial charge in [-0.05, 0) is 62.8 Å². The second-order valence-corrected chi connectivity index (χ2v) is 9.06. The molecule has 2 aliphatic heterocycles. The van der Waals surface area contributed by atoms with Gasteiger partial charge in [0.15, 0.2) is 0 Å². The summed E-state index contributed by atoms with van der Waals surface area (Å²) in [7, 11) is -0.550. The second-order valence-electron chi connectivity index (χ2n) is 8.70. The van der Waals surface area contributed by atoms with E-state index in [1.54, 1.807) is 29.3 Å². The summed E-state index contributed by atoms with van der Waals surface area (Å²) < 4.78 is 12.3. The maximum absolute atomic E-state index is 13.0. The van der Waals surface area contributed by atoms with E-state index in [1.807, 2.05) is 33.8 Å². The van der Waals surface area contributed by atoms with E-state index < -0.39 is 18.3 Å². The molecule has 0 N–H and O–H groups in total. The van der Waals surface area contributed by atoms with Gasteiger partial charge in [0, 0.05) is 12.7 Å². The van der Waals surface area contributed by atoms with Crippen LogP contribution in [0.5, 0.6) is 0 Å². The van der Waals surface area contributed by atoms with Gasteiger partial charge in [0.05, 0.1) is 28.9 Å². The van der Waals surface area contributed by atoms with Gasteiger partial charge >= 0.3 is 7.12 Å². The lowest BCUT2D eigenvalue weighted by molar-refractivity contribution is -0.117. The van der Waals surface area contributed by atoms with Crippen molar-refractivity contribution in [2.24, 2.45) is 0 Å². The Morgan fingerprint density at radius 1 is 1.30 bits per heavy atom. The fourth-order valence-corrected chi connectivity index (χ4v) is 4.02. The molecule has 0 saturated carbocycles. The number of hydrogen-bond acceptors (Lipinski definition) is 5. The Labute approximate surface area is 181 Å². The van der Waals surface area contributed by atoms with Crippen LogP contribution in [0.4, 0.5) is 5.69 Å². The van der Waals surface area contributed by atoms with Crippen molar-refractivity contribution in [1.82, 2.24) is 4.98 Å². The summed E-state index contributed by atoms with van der Waals surface area (Å²) in [5.74, 6) is -0.108. The standard InChI is InChI=1S/C22H23BClN3O3/c1-21(2)22(3,4)30-23(29-21)17-10-14-7-9-27(19(14)16(11-17)13-25)18(28)12-15-6-5-8-26-20(15)24/h5-6,8,10-11H,7,9,12H2,1-4H3. The number of nitriles is 1. The zero-order chi connectivity index (χ0) is 21.7. The summed E-state index contributed by atoms with van der Waals surface area (Å²) >= 11 is 6.11. The van der Waals surface area contributed by atoms with Crippen LogP contribution in [-0.4, -0.2) is 35.8 Å². The van der Waals surface area contributed by atoms with Gasteiger partial charge in [-0.2, -0.15) is 5.26 Å². The summed E-state index contributed by atoms with van der Waals surface area (Å²) in [5.41, 5.74) is 2.61. The number of fused-ring (bicyclic) bond motifs is 1. The first kappa shape index (κ1) is 20.9. The molecular formula is C22H23BClN3O3. The Morgan fingerprint density at radius 2 is 2.00 bits per heavy atom. The van der Waals surface area contributed by atoms with E-state index >= 15 is 0 Å². The zero-order valence-electron chi connectivity index (χ0n) is 17.5. The summed E-state index contributed by atoms with van der Waals surface area (Å²) in [5, 5.41) is 10.1. The van der Waals surface area contributed by atoms with Crippen molar-refractivity contribution < 1.29 is 14.1 Å². The van der Waals surface area contributed by atoms with Gasteiger partial charge in [-0.15, -0.1) is 0 Å². The maximum atomic E-state index is 13.0. The van der Waals surface area contributed by atoms with E-state index in [4.69, 9.17) is 20.9 Å². The molecular weight excluding hydrogens is 401 g/mol. The van der Waals surface area contributed by atoms with E-state index in [9.17, 15) is 10.1 Å². The van der Waals surface area contributed by atoms with Crippen molar-refractivity contribution in [2.45, 2.75) is 51.7 Å². The fourth-order valence-electron chi connectivity index (χ4n) is 3.83. The summed E-state index contributed by atoms with van der Waals surface area (Å²) in [6.07, 6.45) is 2.40. The first-order valence-electron chi connectivity index (χ1n) is 9.95. The molecule has 30 heavy (non-hydrogen) atoms. The molecule has 2 aliphatic rings. The molecule has 4 rings (SSSR count). The molecule has 0 bridgehead atoms. The highest BCUT2D eigenvalue weighted by atomic mass is 35.5. The van der Waals surface area contributed by atoms with E-state index in [0.29, 0.717) is 34.9 Å². The van der Waals surface area contributed by atoms with Crippen LogP contribution in [-0.2, 0) is 26.9 Å². The lowest BCUT2D eigenvalue weighted by atomic mass is 9.77. The number of carbonyl (C=O) groups is 1. The molecule has 0 radical (unpaired) electrons. The lowest BCUT2D eigenvalue weighted by Crippen LogP contribution is -2.41. The van der Waals surface area contributed by atoms with Crippen molar-refractivity contribution >= 4 is 35.8 Å². The van der Waals surface area contributed by atoms with Crippen LogP contribution in [0.3, 0.4) is 0 Å². The minimum atomic E-state index is -0.550. The molecule has 1 fully saturated rings. The van der Waals surface area contributed by atoms with E-state index in [2.05, 4.69) is 11.1 Å². The minimum Gasteiger partial charge on any atom is -0.399 e. The third-order valence-electron chi connectivity index (χ3n) is 6.21. The third-order valence-corrected chi connectivity index (χ3v) is 6.55. The fraction of sp³-hybridized carbons (Fsp3) is 0.409. The molecule has 154 valence electrons. The van der Waals surface area contributed by atoms with E-state index in [-0.39, 0.29) is 12.3 Å². The van der Waals surface area contributed by atoms with Crippen LogP contribution in [0.25, 0.3) is 0 Å². The molecule has 3 heterocycles. The number of amides is 1. The molecule has 0 aliphatic carbocycles. The van der Waals surface area contributed by atoms with Gasteiger partial charge in [0.25, 0.3) is 0 Å². The van der Waals surface area contributed by atoms with Crippen LogP contribution < -0.4 is 10.4 Å². The highest BCUT2D eigenvalue weighted by molar-refractivity contribution is 6.62. The lowest BCUT2D eigenvalue weighted by Gasteiger charge is -2.32. The topological polar surface area (TPSA) is 75.5 Å². The van der Waals surface area contributed by atoms with Crippen molar-refractivity contribution in [3.63, 3.8) is 0 Å². The van der Waals surface area contributed by atoms with Gasteiger partial charge in [0.2, 0.25) is 5.91 Å². The largest absolute Gasteiger partial charge is 0.494 e. The number of nitrogens with zero attached hydrogens (tertiary/aromatic N) is 3. The number of halogens is 1. The number of anilines is 1. The molecule has 1 amide bonds. The number of aromatic nitrogens is 1. The van der Waals surface area contributed by atoms with E-state index in [1.165, 1.54) is 0 Å². The Kier molecular flexibility index (Phi) is 5.13. The first-order chi connectivity index (χ1) is 14.1. The molecule has 6 nitrogen and oxygen atoms in total. The maximum Gasteiger partial charge on any atom is 0.494 e. The molecule has 0 unspecified atom stereocenters. The molecule has 0 spiro atoms. The quantitative estimate of drug-likeness (QED) is 0.560. The average molecular weight is 424 g/mol. The van der Waals surface area contributed by atoms with Crippen LogP contribution in [0.1, 0.15) is 44.4 Å². The third kappa shape index (κ3) is 3.49. The smallest absolute Gasteiger partial charge is 0.399 e. The SMILES string of the molecule is CC1(C)OB(c2cc(C#N)c3c(c2)CCN3C(=O)Cc2cccnc2Cl)OC1(C)C. The predicted molar refractivity (Wildman–Crippen MR) is 116 cm³/mol. The van der Waals surface area contributed by atoms with Gasteiger partial charge in [-0.25, -0.2) is 4.98 Å². The molecule has 1 aromatic carbocycles. The van der Waals surface area contributed by atoms with Crippen molar-refractivity contribution in [3.05, 3.63) is 52.3 Å². The molecule has 1 aromatic heterocycles. The summed E-state index contributed by atoms with van der Waals surface area (Å²) in [4.78, 5) is 18.7. The Bertz CT molecular complexity index is 1050. The highest BCUT2D eigenvalue weighted by Gasteiger charge is 2.52. The number of benzene rings is 1. The average Bonchev–Trinajstić information content (AvgIpc) is 3.21. The molecule has 2 aromatic rings. The highest BCUT2D eigenvalue weighted by Crippen LogP contribution is 2.38. The van der Waals surface area contributed by atoms with Gasteiger partial charge in [-0.1, -0.05) is 23.7 Å². The normalized spacial score (nSPS) is 18.9. The summed E-state index contributed by atoms with van der Waals surface area (Å²) in [6.45, 7) is 8.50. The van der Waals surface area contributed by atoms with E-state index in [0.717, 1.165) is 11.0 Å². The summed E-state index contributed by atoms with van der Waals surface area (Å²) in [6, 6.07) is 9.55. The number of pyridine rings is 1. The molecule has 8 heteroatoms. The number of rotatable bonds is 3. The number of carbonyl (C=O) groups excluding carboxylic acids is 1. The van der Waals surface area contributed by atoms with Crippen LogP contribution >= 0.6 is 11.6 Å². The zero-order valence-corrected chi connectivity index (χ0v) is 18.3. The van der Waals surface area contributed by atoms with Crippen molar-refractivity contribution in [2.75, 3.05) is 11.4 Å². The Hall–Kier alpha value is -2.40. The van der Waals surface area contributed by atoms with Crippen LogP contribution in [0.2, 0.25) is 5.15 Å². The second kappa shape index (κ2) is 7.38. The Balaban J connectivity index is 1.63. The minimum absolute atomic E-state index is 0.108. The number of hydrogen-bond donors (Lipinski definition) is 0. The molecule has 0 atom stereocenters. The van der Waals surface area contributed by atoms with Crippen LogP contribution in [0.15, 0.2) is 30.5 Å². The van der Waals surface area contributed by atoms with Crippen molar-refractivity contribution in [1.29, 1.82) is 5.26 Å². The predicted octanol–water partition coefficient (Wildman–Crippen LogP) is 3.04.